The molecule has 27 heavy (non-hydrogen) atoms. The number of benzene rings is 2. The fourth-order valence-electron chi connectivity index (χ4n) is 2.64. The first-order valence-corrected chi connectivity index (χ1v) is 15.0. The van der Waals surface area contributed by atoms with E-state index in [0.717, 1.165) is 17.5 Å². The van der Waals surface area contributed by atoms with E-state index in [9.17, 15) is 5.11 Å². The van der Waals surface area contributed by atoms with Gasteiger partial charge in [-0.3, -0.25) is 4.99 Å². The molecule has 3 nitrogen and oxygen atoms in total. The molecule has 7 heteroatoms. The number of halogens is 3. The fraction of sp³-hybridized carbons (Fsp3) is 0.350. The first-order valence-electron chi connectivity index (χ1n) is 8.51. The Hall–Kier alpha value is -0.546. The predicted molar refractivity (Wildman–Crippen MR) is 113 cm³/mol. The van der Waals surface area contributed by atoms with Crippen molar-refractivity contribution in [1.82, 2.24) is 0 Å². The number of nitrogens with zero attached hydrogens (tertiary/aromatic N) is 1. The Morgan fingerprint density at radius 2 is 1.70 bits per heavy atom. The molecular weight excluding hydrogens is 440 g/mol. The summed E-state index contributed by atoms with van der Waals surface area (Å²) in [6, 6.07) is 16.1. The molecule has 0 spiro atoms. The van der Waals surface area contributed by atoms with Crippen LogP contribution in [0.2, 0.25) is 0 Å². The van der Waals surface area contributed by atoms with Crippen LogP contribution >= 0.6 is 27.9 Å². The van der Waals surface area contributed by atoms with Crippen LogP contribution in [0.3, 0.4) is 0 Å². The molecule has 2 aromatic carbocycles. The Bertz CT molecular complexity index is 707. The number of rotatable bonds is 7. The van der Waals surface area contributed by atoms with Crippen molar-refractivity contribution in [3.05, 3.63) is 65.2 Å². The van der Waals surface area contributed by atoms with Crippen LogP contribution in [0.4, 0.5) is 0 Å². The molecule has 0 aliphatic carbocycles. The zero-order chi connectivity index (χ0) is 20.3. The number of hydrogen-bond acceptors (Lipinski definition) is 3. The molecule has 0 heterocycles. The maximum atomic E-state index is 10.7. The number of aromatic hydroxyl groups is 1. The van der Waals surface area contributed by atoms with Crippen molar-refractivity contribution in [1.29, 1.82) is 0 Å². The van der Waals surface area contributed by atoms with Gasteiger partial charge in [-0.25, -0.2) is 0 Å². The number of phenolic OH excluding ortho intramolecular Hbond substituents is 1. The van der Waals surface area contributed by atoms with Crippen LogP contribution in [0.5, 0.6) is 5.75 Å². The number of hydrogen-bond donors (Lipinski definition) is 1. The molecule has 0 aliphatic heterocycles. The molecule has 0 fully saturated rings. The second-order valence-corrected chi connectivity index (χ2v) is 14.1. The molecule has 0 aromatic heterocycles. The van der Waals surface area contributed by atoms with Crippen molar-refractivity contribution in [2.24, 2.45) is 4.99 Å². The molecule has 1 N–H and O–H groups in total. The van der Waals surface area contributed by atoms with E-state index in [1.165, 1.54) is 5.56 Å². The average Bonchev–Trinajstić information content (AvgIpc) is 2.63. The van der Waals surface area contributed by atoms with E-state index in [0.29, 0.717) is 18.9 Å². The Labute approximate surface area is 179 Å². The quantitative estimate of drug-likeness (QED) is 0.299. The molecule has 0 amide bonds. The summed E-state index contributed by atoms with van der Waals surface area (Å²) < 4.78 is 5.01. The molecule has 0 aliphatic rings. The van der Waals surface area contributed by atoms with Crippen LogP contribution in [0.25, 0.3) is 0 Å². The van der Waals surface area contributed by atoms with Crippen LogP contribution in [0.1, 0.15) is 37.0 Å². The van der Waals surface area contributed by atoms with Crippen molar-refractivity contribution in [3.63, 3.8) is 0 Å². The number of aliphatic imine (C=N–C) groups is 1. The van der Waals surface area contributed by atoms with Gasteiger partial charge < -0.3 is 9.84 Å². The first kappa shape index (κ1) is 24.5. The number of para-hydroxylation sites is 1. The standard InChI is InChI=1S/C20H25NO2.3ClH.Ti/c1-20(2,17-10-5-4-6-11-17)18-12-7-9-16(19(18)22)15-21-13-8-14-23-3;;;;/h4-7,9-12,15,22H,8,13-14H2,1-3H3;3*1H;/q;;;;+3/p-3. The molecule has 0 saturated heterocycles. The van der Waals surface area contributed by atoms with E-state index in [1.807, 2.05) is 36.4 Å². The van der Waals surface area contributed by atoms with Crippen LogP contribution in [-0.4, -0.2) is 31.6 Å². The van der Waals surface area contributed by atoms with Gasteiger partial charge >= 0.3 is 42.6 Å². The average molecular weight is 466 g/mol. The van der Waals surface area contributed by atoms with Gasteiger partial charge in [0.05, 0.1) is 0 Å². The molecule has 0 saturated carbocycles. The van der Waals surface area contributed by atoms with Gasteiger partial charge in [0.25, 0.3) is 0 Å². The monoisotopic (exact) mass is 464 g/mol. The molecule has 0 unspecified atom stereocenters. The van der Waals surface area contributed by atoms with Crippen LogP contribution in [0.15, 0.2) is 53.5 Å². The van der Waals surface area contributed by atoms with Crippen LogP contribution in [-0.2, 0) is 24.8 Å². The molecule has 2 rings (SSSR count). The molecule has 0 radical (unpaired) electrons. The molecular formula is C20H25Cl3NO2Ti. The maximum absolute atomic E-state index is 10.7. The second-order valence-electron chi connectivity index (χ2n) is 6.33. The van der Waals surface area contributed by atoms with Gasteiger partial charge in [-0.1, -0.05) is 56.3 Å². The van der Waals surface area contributed by atoms with E-state index in [4.69, 9.17) is 32.7 Å². The fourth-order valence-corrected chi connectivity index (χ4v) is 2.64. The zero-order valence-corrected chi connectivity index (χ0v) is 19.6. The van der Waals surface area contributed by atoms with Crippen molar-refractivity contribution in [2.75, 3.05) is 20.3 Å². The van der Waals surface area contributed by atoms with Gasteiger partial charge in [0.2, 0.25) is 0 Å². The van der Waals surface area contributed by atoms with Gasteiger partial charge in [0.1, 0.15) is 5.75 Å². The van der Waals surface area contributed by atoms with Crippen LogP contribution in [0, 0.1) is 0 Å². The SMILES string of the molecule is COCCCN=Cc1cccc(C(C)(C)c2ccccc2)c1O.[Cl][Ti]([Cl])[Cl]. The van der Waals surface area contributed by atoms with Gasteiger partial charge in [-0.15, -0.1) is 0 Å². The number of phenols is 1. The summed E-state index contributed by atoms with van der Waals surface area (Å²) in [5.41, 5.74) is 2.56. The van der Waals surface area contributed by atoms with Gasteiger partial charge in [0, 0.05) is 43.0 Å². The van der Waals surface area contributed by atoms with Gasteiger partial charge in [-0.05, 0) is 18.1 Å². The predicted octanol–water partition coefficient (Wildman–Crippen LogP) is 6.24. The Balaban J connectivity index is 0.000000828. The molecule has 0 atom stereocenters. The number of ether oxygens (including phenoxy) is 1. The topological polar surface area (TPSA) is 41.8 Å². The Kier molecular flexibility index (Phi) is 11.6. The van der Waals surface area contributed by atoms with E-state index < -0.39 is 14.7 Å². The Morgan fingerprint density at radius 3 is 2.30 bits per heavy atom. The third-order valence-corrected chi connectivity index (χ3v) is 4.10. The van der Waals surface area contributed by atoms with Gasteiger partial charge in [0.15, 0.2) is 0 Å². The summed E-state index contributed by atoms with van der Waals surface area (Å²) >= 11 is -1.92. The van der Waals surface area contributed by atoms with Crippen molar-refractivity contribution >= 4 is 34.1 Å². The third-order valence-electron chi connectivity index (χ3n) is 4.10. The van der Waals surface area contributed by atoms with Crippen molar-refractivity contribution in [2.45, 2.75) is 25.7 Å². The minimum atomic E-state index is -1.92. The summed E-state index contributed by atoms with van der Waals surface area (Å²) in [5.74, 6) is 0.303. The van der Waals surface area contributed by atoms with Crippen LogP contribution < -0.4 is 0 Å². The molecule has 147 valence electrons. The normalized spacial score (nSPS) is 11.2. The zero-order valence-electron chi connectivity index (χ0n) is 15.8. The Morgan fingerprint density at radius 1 is 1.07 bits per heavy atom. The molecule has 2 aromatic rings. The first-order chi connectivity index (χ1) is 12.8. The van der Waals surface area contributed by atoms with E-state index in [-0.39, 0.29) is 5.41 Å². The summed E-state index contributed by atoms with van der Waals surface area (Å²) in [6.45, 7) is 5.64. The van der Waals surface area contributed by atoms with E-state index in [2.05, 4.69) is 31.0 Å². The molecule has 0 bridgehead atoms. The minimum absolute atomic E-state index is 0.273. The second kappa shape index (κ2) is 12.8. The summed E-state index contributed by atoms with van der Waals surface area (Å²) in [4.78, 5) is 4.37. The van der Waals surface area contributed by atoms with E-state index in [1.54, 1.807) is 13.3 Å². The summed E-state index contributed by atoms with van der Waals surface area (Å²) in [6.07, 6.45) is 2.62. The summed E-state index contributed by atoms with van der Waals surface area (Å²) in [5, 5.41) is 10.7. The summed E-state index contributed by atoms with van der Waals surface area (Å²) in [7, 11) is 16.6. The third kappa shape index (κ3) is 8.56. The van der Waals surface area contributed by atoms with E-state index >= 15 is 0 Å². The number of methoxy groups -OCH3 is 1. The van der Waals surface area contributed by atoms with Crippen molar-refractivity contribution < 1.29 is 24.5 Å². The van der Waals surface area contributed by atoms with Crippen molar-refractivity contribution in [3.8, 4) is 5.75 Å². The van der Waals surface area contributed by atoms with Gasteiger partial charge in [-0.2, -0.15) is 0 Å².